The van der Waals surface area contributed by atoms with E-state index in [2.05, 4.69) is 85.0 Å². The molecule has 2 heteroatoms. The zero-order valence-corrected chi connectivity index (χ0v) is 15.2. The van der Waals surface area contributed by atoms with Gasteiger partial charge < -0.3 is 9.47 Å². The van der Waals surface area contributed by atoms with Crippen molar-refractivity contribution in [2.75, 3.05) is 0 Å². The van der Waals surface area contributed by atoms with E-state index in [4.69, 9.17) is 9.47 Å². The summed E-state index contributed by atoms with van der Waals surface area (Å²) in [6.45, 7) is 0. The number of ether oxygens (including phenoxy) is 2. The maximum atomic E-state index is 6.47. The van der Waals surface area contributed by atoms with Crippen molar-refractivity contribution in [3.05, 3.63) is 106 Å². The molecule has 0 N–H and O–H groups in total. The largest absolute Gasteiger partial charge is 0.481 e. The molecular weight excluding hydrogens is 344 g/mol. The first kappa shape index (κ1) is 14.8. The van der Waals surface area contributed by atoms with Crippen LogP contribution in [-0.2, 0) is 0 Å². The summed E-state index contributed by atoms with van der Waals surface area (Å²) in [5, 5.41) is 0. The highest BCUT2D eigenvalue weighted by Crippen LogP contribution is 2.57. The Hall–Kier alpha value is -3.26. The Bertz CT molecular complexity index is 1110. The molecule has 134 valence electrons. The maximum Gasteiger partial charge on any atom is 0.166 e. The van der Waals surface area contributed by atoms with Gasteiger partial charge >= 0.3 is 0 Å². The molecule has 7 rings (SSSR count). The van der Waals surface area contributed by atoms with Crippen LogP contribution in [0.2, 0.25) is 0 Å². The number of benzene rings is 3. The highest BCUT2D eigenvalue weighted by molar-refractivity contribution is 5.71. The summed E-state index contributed by atoms with van der Waals surface area (Å²) in [6, 6.07) is 21.8. The summed E-state index contributed by atoms with van der Waals surface area (Å²) in [5.41, 5.74) is 7.75. The summed E-state index contributed by atoms with van der Waals surface area (Å²) in [5.74, 6) is 2.37. The van der Waals surface area contributed by atoms with Gasteiger partial charge in [0.25, 0.3) is 0 Å². The first-order chi connectivity index (χ1) is 13.9. The van der Waals surface area contributed by atoms with Gasteiger partial charge in [-0.25, -0.2) is 0 Å². The molecule has 0 spiro atoms. The zero-order valence-electron chi connectivity index (χ0n) is 15.2. The van der Waals surface area contributed by atoms with Gasteiger partial charge in [-0.1, -0.05) is 72.8 Å². The Kier molecular flexibility index (Phi) is 2.72. The molecule has 4 atom stereocenters. The zero-order chi connectivity index (χ0) is 18.2. The Morgan fingerprint density at radius 3 is 1.46 bits per heavy atom. The fourth-order valence-electron chi connectivity index (χ4n) is 5.37. The predicted octanol–water partition coefficient (Wildman–Crippen LogP) is 5.53. The van der Waals surface area contributed by atoms with Gasteiger partial charge in [-0.2, -0.15) is 0 Å². The van der Waals surface area contributed by atoms with Crippen molar-refractivity contribution in [1.82, 2.24) is 0 Å². The van der Waals surface area contributed by atoms with E-state index in [9.17, 15) is 0 Å². The second-order valence-corrected chi connectivity index (χ2v) is 8.00. The molecule has 0 amide bonds. The van der Waals surface area contributed by atoms with Gasteiger partial charge in [-0.15, -0.1) is 0 Å². The quantitative estimate of drug-likeness (QED) is 0.524. The lowest BCUT2D eigenvalue weighted by molar-refractivity contribution is 0.230. The van der Waals surface area contributed by atoms with Crippen LogP contribution in [-0.4, -0.2) is 12.2 Å². The van der Waals surface area contributed by atoms with Gasteiger partial charge in [0.1, 0.15) is 12.2 Å². The van der Waals surface area contributed by atoms with Crippen molar-refractivity contribution in [2.24, 2.45) is 0 Å². The van der Waals surface area contributed by atoms with Crippen LogP contribution < -0.4 is 9.47 Å². The molecular formula is C26H18O2. The van der Waals surface area contributed by atoms with E-state index < -0.39 is 0 Å². The van der Waals surface area contributed by atoms with Gasteiger partial charge in [0.05, 0.1) is 11.8 Å². The minimum Gasteiger partial charge on any atom is -0.481 e. The molecule has 2 aliphatic carbocycles. The molecule has 3 aromatic rings. The lowest BCUT2D eigenvalue weighted by Crippen LogP contribution is -2.21. The van der Waals surface area contributed by atoms with E-state index in [-0.39, 0.29) is 24.0 Å². The van der Waals surface area contributed by atoms with Crippen LogP contribution in [0, 0.1) is 0 Å². The molecule has 4 aliphatic rings. The standard InChI is InChI=1S/C26H18O2/c1-3-7-17-15(5-1)9-13-21-23(17)19-11-12-20-24-18-8-4-2-6-16(18)10-14-22(24)28-26(20)25(19)27-21/h1-14,21-24H. The minimum absolute atomic E-state index is 0.0467. The molecule has 0 saturated carbocycles. The summed E-state index contributed by atoms with van der Waals surface area (Å²) in [7, 11) is 0. The van der Waals surface area contributed by atoms with Gasteiger partial charge in [0.2, 0.25) is 0 Å². The second kappa shape index (κ2) is 5.17. The summed E-state index contributed by atoms with van der Waals surface area (Å²) in [4.78, 5) is 0. The van der Waals surface area contributed by atoms with Gasteiger partial charge in [-0.05, 0) is 34.4 Å². The average molecular weight is 362 g/mol. The van der Waals surface area contributed by atoms with Crippen LogP contribution in [0.5, 0.6) is 11.5 Å². The first-order valence-corrected chi connectivity index (χ1v) is 9.93. The summed E-state index contributed by atoms with van der Waals surface area (Å²) < 4.78 is 12.9. The molecule has 0 fully saturated rings. The van der Waals surface area contributed by atoms with Crippen molar-refractivity contribution >= 4 is 12.2 Å². The van der Waals surface area contributed by atoms with Crippen LogP contribution >= 0.6 is 0 Å². The Labute approximate surface area is 163 Å². The van der Waals surface area contributed by atoms with Crippen molar-refractivity contribution < 1.29 is 9.47 Å². The SMILES string of the molecule is C1=CC2Oc3c(ccc4c3OC3C=Cc5ccccc5C43)C2c2ccccc21. The third kappa shape index (κ3) is 1.78. The van der Waals surface area contributed by atoms with E-state index >= 15 is 0 Å². The molecule has 2 heterocycles. The highest BCUT2D eigenvalue weighted by Gasteiger charge is 2.44. The first-order valence-electron chi connectivity index (χ1n) is 9.93. The second-order valence-electron chi connectivity index (χ2n) is 8.00. The predicted molar refractivity (Wildman–Crippen MR) is 110 cm³/mol. The van der Waals surface area contributed by atoms with E-state index in [1.807, 2.05) is 0 Å². The van der Waals surface area contributed by atoms with Gasteiger partial charge in [-0.3, -0.25) is 0 Å². The van der Waals surface area contributed by atoms with E-state index in [1.54, 1.807) is 0 Å². The van der Waals surface area contributed by atoms with E-state index in [1.165, 1.54) is 33.4 Å². The number of rotatable bonds is 0. The summed E-state index contributed by atoms with van der Waals surface area (Å²) >= 11 is 0. The molecule has 0 saturated heterocycles. The lowest BCUT2D eigenvalue weighted by Gasteiger charge is -2.23. The number of fused-ring (bicyclic) bond motifs is 11. The van der Waals surface area contributed by atoms with E-state index in [0.717, 1.165) is 11.5 Å². The van der Waals surface area contributed by atoms with Crippen molar-refractivity contribution in [1.29, 1.82) is 0 Å². The molecule has 2 nitrogen and oxygen atoms in total. The fourth-order valence-corrected chi connectivity index (χ4v) is 5.37. The van der Waals surface area contributed by atoms with Crippen molar-refractivity contribution in [3.63, 3.8) is 0 Å². The number of hydrogen-bond donors (Lipinski definition) is 0. The van der Waals surface area contributed by atoms with Crippen molar-refractivity contribution in [2.45, 2.75) is 24.0 Å². The Morgan fingerprint density at radius 1 is 0.500 bits per heavy atom. The molecule has 4 unspecified atom stereocenters. The average Bonchev–Trinajstić information content (AvgIpc) is 3.32. The maximum absolute atomic E-state index is 6.47. The normalized spacial score (nSPS) is 26.9. The van der Waals surface area contributed by atoms with Crippen LogP contribution in [0.3, 0.4) is 0 Å². The van der Waals surface area contributed by atoms with E-state index in [0.29, 0.717) is 0 Å². The molecule has 0 radical (unpaired) electrons. The van der Waals surface area contributed by atoms with Gasteiger partial charge in [0.15, 0.2) is 11.5 Å². The van der Waals surface area contributed by atoms with Crippen LogP contribution in [0.4, 0.5) is 0 Å². The number of hydrogen-bond acceptors (Lipinski definition) is 2. The third-order valence-corrected chi connectivity index (χ3v) is 6.60. The van der Waals surface area contributed by atoms with Gasteiger partial charge in [0, 0.05) is 11.1 Å². The molecule has 3 aromatic carbocycles. The smallest absolute Gasteiger partial charge is 0.166 e. The molecule has 0 aromatic heterocycles. The van der Waals surface area contributed by atoms with Crippen LogP contribution in [0.1, 0.15) is 45.2 Å². The van der Waals surface area contributed by atoms with Crippen molar-refractivity contribution in [3.8, 4) is 11.5 Å². The lowest BCUT2D eigenvalue weighted by atomic mass is 9.79. The topological polar surface area (TPSA) is 18.5 Å². The fraction of sp³-hybridized carbons (Fsp3) is 0.154. The third-order valence-electron chi connectivity index (χ3n) is 6.60. The van der Waals surface area contributed by atoms with Crippen LogP contribution in [0.25, 0.3) is 12.2 Å². The minimum atomic E-state index is 0.0467. The highest BCUT2D eigenvalue weighted by atomic mass is 16.5. The Balaban J connectivity index is 1.40. The monoisotopic (exact) mass is 362 g/mol. The molecule has 0 bridgehead atoms. The molecule has 2 aliphatic heterocycles. The Morgan fingerprint density at radius 2 is 0.964 bits per heavy atom. The van der Waals surface area contributed by atoms with Crippen LogP contribution in [0.15, 0.2) is 72.8 Å². The molecule has 28 heavy (non-hydrogen) atoms. The summed E-state index contributed by atoms with van der Waals surface area (Å²) in [6.07, 6.45) is 8.84.